The lowest BCUT2D eigenvalue weighted by molar-refractivity contribution is 0.0810. The van der Waals surface area contributed by atoms with Crippen LogP contribution in [-0.4, -0.2) is 32.5 Å². The molecule has 4 heteroatoms. The molecular weight excluding hydrogens is 312 g/mol. The van der Waals surface area contributed by atoms with E-state index in [9.17, 15) is 10.2 Å². The number of aliphatic hydroxyl groups excluding tert-OH is 2. The molecule has 3 rings (SSSR count). The van der Waals surface area contributed by atoms with Crippen molar-refractivity contribution in [3.63, 3.8) is 0 Å². The Hall–Kier alpha value is -2.69. The molecule has 0 saturated carbocycles. The van der Waals surface area contributed by atoms with E-state index < -0.39 is 6.10 Å². The van der Waals surface area contributed by atoms with Crippen LogP contribution in [-0.2, 0) is 6.54 Å². The van der Waals surface area contributed by atoms with Crippen molar-refractivity contribution in [3.05, 3.63) is 78.2 Å². The van der Waals surface area contributed by atoms with Gasteiger partial charge < -0.3 is 14.8 Å². The standard InChI is InChI=1S/C21H22N2O2/c1-16(12-17-8-4-2-5-9-17)21-20(18-10-6-3-7-11-18)22-15-23(21)13-19(25)14-24/h2-12,15,19,24-25H,13-14H2,1H3/b16-12+/t19-/m1/s1. The van der Waals surface area contributed by atoms with Gasteiger partial charge >= 0.3 is 0 Å². The van der Waals surface area contributed by atoms with Crippen LogP contribution in [0.5, 0.6) is 0 Å². The van der Waals surface area contributed by atoms with Crippen LogP contribution in [0, 0.1) is 0 Å². The summed E-state index contributed by atoms with van der Waals surface area (Å²) in [6.45, 7) is 2.06. The smallest absolute Gasteiger partial charge is 0.0959 e. The van der Waals surface area contributed by atoms with Crippen LogP contribution < -0.4 is 0 Å². The number of rotatable bonds is 6. The zero-order valence-corrected chi connectivity index (χ0v) is 14.2. The third-order valence-corrected chi connectivity index (χ3v) is 4.06. The van der Waals surface area contributed by atoms with Gasteiger partial charge in [0.1, 0.15) is 0 Å². The van der Waals surface area contributed by atoms with Crippen molar-refractivity contribution >= 4 is 11.6 Å². The quantitative estimate of drug-likeness (QED) is 0.726. The number of imidazole rings is 1. The minimum Gasteiger partial charge on any atom is -0.394 e. The Bertz CT molecular complexity index is 839. The lowest BCUT2D eigenvalue weighted by Gasteiger charge is -2.14. The molecule has 0 radical (unpaired) electrons. The molecule has 2 aromatic carbocycles. The third-order valence-electron chi connectivity index (χ3n) is 4.06. The van der Waals surface area contributed by atoms with Crippen molar-refractivity contribution in [2.45, 2.75) is 19.6 Å². The number of benzene rings is 2. The van der Waals surface area contributed by atoms with Crippen LogP contribution >= 0.6 is 0 Å². The van der Waals surface area contributed by atoms with E-state index in [0.29, 0.717) is 6.54 Å². The van der Waals surface area contributed by atoms with Crippen LogP contribution in [0.25, 0.3) is 22.9 Å². The molecule has 0 aliphatic heterocycles. The van der Waals surface area contributed by atoms with Gasteiger partial charge in [-0.15, -0.1) is 0 Å². The second kappa shape index (κ2) is 7.92. The summed E-state index contributed by atoms with van der Waals surface area (Å²) in [5.41, 5.74) is 5.00. The van der Waals surface area contributed by atoms with Crippen molar-refractivity contribution in [1.82, 2.24) is 9.55 Å². The molecule has 1 aromatic heterocycles. The topological polar surface area (TPSA) is 58.3 Å². The van der Waals surface area contributed by atoms with Crippen molar-refractivity contribution in [2.24, 2.45) is 0 Å². The van der Waals surface area contributed by atoms with Crippen LogP contribution in [0.2, 0.25) is 0 Å². The minimum absolute atomic E-state index is 0.278. The number of allylic oxidation sites excluding steroid dienone is 1. The molecule has 0 aliphatic rings. The summed E-state index contributed by atoms with van der Waals surface area (Å²) in [6.07, 6.45) is 3.01. The van der Waals surface area contributed by atoms with E-state index in [1.165, 1.54) is 0 Å². The second-order valence-electron chi connectivity index (χ2n) is 6.03. The van der Waals surface area contributed by atoms with Crippen LogP contribution in [0.1, 0.15) is 18.2 Å². The molecule has 128 valence electrons. The predicted molar refractivity (Wildman–Crippen MR) is 101 cm³/mol. The minimum atomic E-state index is -0.818. The average molecular weight is 334 g/mol. The van der Waals surface area contributed by atoms with Gasteiger partial charge in [0.05, 0.1) is 37.0 Å². The average Bonchev–Trinajstić information content (AvgIpc) is 3.06. The zero-order valence-electron chi connectivity index (χ0n) is 14.2. The van der Waals surface area contributed by atoms with E-state index in [2.05, 4.69) is 23.2 Å². The number of nitrogens with zero attached hydrogens (tertiary/aromatic N) is 2. The van der Waals surface area contributed by atoms with E-state index in [4.69, 9.17) is 0 Å². The van der Waals surface area contributed by atoms with E-state index in [-0.39, 0.29) is 6.61 Å². The molecule has 1 atom stereocenters. The Balaban J connectivity index is 2.07. The van der Waals surface area contributed by atoms with Gasteiger partial charge in [0.2, 0.25) is 0 Å². The largest absolute Gasteiger partial charge is 0.394 e. The summed E-state index contributed by atoms with van der Waals surface area (Å²) in [6, 6.07) is 20.1. The predicted octanol–water partition coefficient (Wildman–Crippen LogP) is 3.46. The maximum absolute atomic E-state index is 9.87. The van der Waals surface area contributed by atoms with Crippen LogP contribution in [0.4, 0.5) is 0 Å². The Kier molecular flexibility index (Phi) is 5.43. The fraction of sp³-hybridized carbons (Fsp3) is 0.190. The summed E-state index contributed by atoms with van der Waals surface area (Å²) in [5, 5.41) is 19.1. The normalized spacial score (nSPS) is 13.0. The highest BCUT2D eigenvalue weighted by Crippen LogP contribution is 2.29. The van der Waals surface area contributed by atoms with Crippen molar-refractivity contribution in [2.75, 3.05) is 6.61 Å². The van der Waals surface area contributed by atoms with E-state index >= 15 is 0 Å². The number of hydrogen-bond acceptors (Lipinski definition) is 3. The number of hydrogen-bond donors (Lipinski definition) is 2. The van der Waals surface area contributed by atoms with E-state index in [0.717, 1.165) is 28.1 Å². The SMILES string of the molecule is C/C(=C\c1ccccc1)c1c(-c2ccccc2)ncn1C[C@@H](O)CO. The molecule has 0 bridgehead atoms. The Morgan fingerprint density at radius 1 is 1.08 bits per heavy atom. The van der Waals surface area contributed by atoms with Crippen molar-refractivity contribution < 1.29 is 10.2 Å². The number of aromatic nitrogens is 2. The molecule has 2 N–H and O–H groups in total. The second-order valence-corrected chi connectivity index (χ2v) is 6.03. The maximum atomic E-state index is 9.87. The summed E-state index contributed by atoms with van der Waals surface area (Å²) in [7, 11) is 0. The molecule has 0 amide bonds. The highest BCUT2D eigenvalue weighted by molar-refractivity contribution is 5.85. The lowest BCUT2D eigenvalue weighted by Crippen LogP contribution is -2.20. The third kappa shape index (κ3) is 4.05. The highest BCUT2D eigenvalue weighted by Gasteiger charge is 2.16. The summed E-state index contributed by atoms with van der Waals surface area (Å²) < 4.78 is 1.90. The van der Waals surface area contributed by atoms with Gasteiger partial charge in [-0.3, -0.25) is 0 Å². The first kappa shape index (κ1) is 17.1. The van der Waals surface area contributed by atoms with Gasteiger partial charge in [-0.2, -0.15) is 0 Å². The zero-order chi connectivity index (χ0) is 17.6. The van der Waals surface area contributed by atoms with Gasteiger partial charge in [0, 0.05) is 5.56 Å². The van der Waals surface area contributed by atoms with Crippen LogP contribution in [0.3, 0.4) is 0 Å². The summed E-state index contributed by atoms with van der Waals surface area (Å²) >= 11 is 0. The first-order valence-corrected chi connectivity index (χ1v) is 8.32. The molecule has 3 aromatic rings. The van der Waals surface area contributed by atoms with Crippen molar-refractivity contribution in [3.8, 4) is 11.3 Å². The molecule has 0 spiro atoms. The molecule has 25 heavy (non-hydrogen) atoms. The van der Waals surface area contributed by atoms with Gasteiger partial charge in [0.15, 0.2) is 0 Å². The molecular formula is C21H22N2O2. The van der Waals surface area contributed by atoms with E-state index in [1.54, 1.807) is 6.33 Å². The fourth-order valence-electron chi connectivity index (χ4n) is 2.89. The van der Waals surface area contributed by atoms with Gasteiger partial charge in [-0.25, -0.2) is 4.98 Å². The molecule has 0 fully saturated rings. The molecule has 4 nitrogen and oxygen atoms in total. The first-order valence-electron chi connectivity index (χ1n) is 8.32. The lowest BCUT2D eigenvalue weighted by atomic mass is 10.0. The summed E-state index contributed by atoms with van der Waals surface area (Å²) in [5.74, 6) is 0. The first-order chi connectivity index (χ1) is 12.2. The van der Waals surface area contributed by atoms with Gasteiger partial charge in [0.25, 0.3) is 0 Å². The molecule has 0 aliphatic carbocycles. The molecule has 0 unspecified atom stereocenters. The Labute approximate surface area is 147 Å². The van der Waals surface area contributed by atoms with Crippen LogP contribution in [0.15, 0.2) is 67.0 Å². The molecule has 1 heterocycles. The van der Waals surface area contributed by atoms with Gasteiger partial charge in [-0.1, -0.05) is 60.7 Å². The fourth-order valence-corrected chi connectivity index (χ4v) is 2.89. The monoisotopic (exact) mass is 334 g/mol. The van der Waals surface area contributed by atoms with Crippen molar-refractivity contribution in [1.29, 1.82) is 0 Å². The van der Waals surface area contributed by atoms with E-state index in [1.807, 2.05) is 60.0 Å². The van der Waals surface area contributed by atoms with Gasteiger partial charge in [-0.05, 0) is 24.1 Å². The maximum Gasteiger partial charge on any atom is 0.0959 e. The Morgan fingerprint density at radius 2 is 1.72 bits per heavy atom. The number of aliphatic hydroxyl groups is 2. The Morgan fingerprint density at radius 3 is 2.36 bits per heavy atom. The molecule has 0 saturated heterocycles. The summed E-state index contributed by atoms with van der Waals surface area (Å²) in [4.78, 5) is 4.57. The highest BCUT2D eigenvalue weighted by atomic mass is 16.3.